The van der Waals surface area contributed by atoms with E-state index in [0.29, 0.717) is 12.1 Å². The second-order valence-electron chi connectivity index (χ2n) is 4.38. The fourth-order valence-corrected chi connectivity index (χ4v) is 1.59. The van der Waals surface area contributed by atoms with Crippen LogP contribution in [0.4, 0.5) is 17.1 Å². The molecule has 12 heteroatoms. The zero-order valence-corrected chi connectivity index (χ0v) is 12.4. The molecule has 2 aromatic rings. The Morgan fingerprint density at radius 2 is 1.36 bits per heavy atom. The molecule has 0 atom stereocenters. The normalized spacial score (nSPS) is 9.44. The summed E-state index contributed by atoms with van der Waals surface area (Å²) in [5.41, 5.74) is 2.97. The Morgan fingerprint density at radius 3 is 1.64 bits per heavy atom. The lowest BCUT2D eigenvalue weighted by atomic mass is 10.2. The minimum Gasteiger partial charge on any atom is -0.497 e. The average molecular weight is 349 g/mol. The van der Waals surface area contributed by atoms with Crippen LogP contribution in [0.5, 0.6) is 5.75 Å². The molecule has 2 aromatic carbocycles. The molecule has 0 saturated heterocycles. The molecule has 0 aliphatic rings. The van der Waals surface area contributed by atoms with E-state index in [-0.39, 0.29) is 5.84 Å². The van der Waals surface area contributed by atoms with E-state index < -0.39 is 37.6 Å². The Hall–Kier alpha value is -4.09. The van der Waals surface area contributed by atoms with Crippen LogP contribution >= 0.6 is 0 Å². The van der Waals surface area contributed by atoms with Gasteiger partial charge < -0.3 is 10.8 Å². The molecule has 0 fully saturated rings. The Kier molecular flexibility index (Phi) is 6.03. The molecule has 0 radical (unpaired) electrons. The predicted octanol–water partition coefficient (Wildman–Crippen LogP) is 2.09. The summed E-state index contributed by atoms with van der Waals surface area (Å²) in [6, 6.07) is 10.1. The fraction of sp³-hybridized carbons (Fsp3) is 0. The number of nitrogen functional groups attached to an aromatic ring is 1. The third-order valence-corrected chi connectivity index (χ3v) is 2.74. The first-order valence-corrected chi connectivity index (χ1v) is 6.34. The third kappa shape index (κ3) is 4.95. The molecule has 25 heavy (non-hydrogen) atoms. The van der Waals surface area contributed by atoms with Crippen LogP contribution in [-0.4, -0.2) is 25.7 Å². The summed E-state index contributed by atoms with van der Waals surface area (Å²) in [4.78, 5) is 27.8. The van der Waals surface area contributed by atoms with Gasteiger partial charge in [0.05, 0.1) is 26.9 Å². The van der Waals surface area contributed by atoms with Gasteiger partial charge in [0, 0.05) is 5.56 Å². The average Bonchev–Trinajstić information content (AvgIpc) is 2.55. The number of nitrogens with one attached hydrogen (secondary N) is 1. The van der Waals surface area contributed by atoms with Crippen LogP contribution in [-0.2, 0) is 0 Å². The Balaban J connectivity index is 0.000000293. The van der Waals surface area contributed by atoms with Crippen molar-refractivity contribution < 1.29 is 19.9 Å². The van der Waals surface area contributed by atoms with Gasteiger partial charge >= 0.3 is 11.4 Å². The first-order valence-electron chi connectivity index (χ1n) is 6.34. The summed E-state index contributed by atoms with van der Waals surface area (Å²) in [7, 11) is 0. The first kappa shape index (κ1) is 19.0. The second-order valence-corrected chi connectivity index (χ2v) is 4.38. The molecule has 0 aromatic heterocycles. The smallest absolute Gasteiger partial charge is 0.324 e. The van der Waals surface area contributed by atoms with E-state index in [0.717, 1.165) is 5.56 Å². The number of rotatable bonds is 4. The Bertz CT molecular complexity index is 803. The summed E-state index contributed by atoms with van der Waals surface area (Å²) < 4.78 is 0. The van der Waals surface area contributed by atoms with E-state index in [1.54, 1.807) is 0 Å². The zero-order valence-electron chi connectivity index (χ0n) is 12.4. The van der Waals surface area contributed by atoms with Gasteiger partial charge in [-0.05, 0) is 0 Å². The van der Waals surface area contributed by atoms with E-state index in [2.05, 4.69) is 0 Å². The summed E-state index contributed by atoms with van der Waals surface area (Å²) in [6.07, 6.45) is 0. The summed E-state index contributed by atoms with van der Waals surface area (Å²) in [6.45, 7) is 0. The molecule has 0 amide bonds. The summed E-state index contributed by atoms with van der Waals surface area (Å²) in [5, 5.41) is 47.2. The maximum absolute atomic E-state index is 10.4. The summed E-state index contributed by atoms with van der Waals surface area (Å²) >= 11 is 0. The van der Waals surface area contributed by atoms with Crippen molar-refractivity contribution in [1.29, 1.82) is 5.41 Å². The van der Waals surface area contributed by atoms with Crippen molar-refractivity contribution in [2.24, 2.45) is 5.73 Å². The maximum atomic E-state index is 10.4. The predicted molar refractivity (Wildman–Crippen MR) is 85.5 cm³/mol. The van der Waals surface area contributed by atoms with Gasteiger partial charge in [-0.1, -0.05) is 30.3 Å². The second kappa shape index (κ2) is 7.96. The largest absolute Gasteiger partial charge is 0.497 e. The molecule has 0 spiro atoms. The molecule has 0 bridgehead atoms. The standard InChI is InChI=1S/C7H8N2.C6H3N3O7/c8-7(9)6-4-2-1-3-5-6;10-6-4(8(13)14)1-3(7(11)12)2-5(6)9(15)16/h1-5H,(H3,8,9);1-2,10H. The van der Waals surface area contributed by atoms with Gasteiger partial charge in [0.25, 0.3) is 11.4 Å². The molecule has 0 unspecified atom stereocenters. The Labute approximate surface area is 139 Å². The number of phenolic OH excluding ortho intramolecular Hbond substituents is 1. The van der Waals surface area contributed by atoms with Crippen LogP contribution in [0.25, 0.3) is 0 Å². The lowest BCUT2D eigenvalue weighted by molar-refractivity contribution is -0.404. The monoisotopic (exact) mass is 349 g/mol. The molecule has 2 rings (SSSR count). The number of nitro groups is 3. The SMILES string of the molecule is N=C(N)c1ccccc1.O=[N+]([O-])c1cc([N+](=O)[O-])c(O)c([N+](=O)[O-])c1. The molecular weight excluding hydrogens is 338 g/mol. The highest BCUT2D eigenvalue weighted by atomic mass is 16.6. The van der Waals surface area contributed by atoms with E-state index in [4.69, 9.17) is 16.2 Å². The van der Waals surface area contributed by atoms with Gasteiger partial charge in [0.15, 0.2) is 0 Å². The highest BCUT2D eigenvalue weighted by Gasteiger charge is 2.30. The number of aromatic hydroxyl groups is 1. The van der Waals surface area contributed by atoms with Crippen molar-refractivity contribution in [2.45, 2.75) is 0 Å². The number of hydrogen-bond acceptors (Lipinski definition) is 8. The van der Waals surface area contributed by atoms with Gasteiger partial charge in [-0.25, -0.2) is 0 Å². The van der Waals surface area contributed by atoms with Gasteiger partial charge in [-0.15, -0.1) is 0 Å². The van der Waals surface area contributed by atoms with Crippen molar-refractivity contribution in [1.82, 2.24) is 0 Å². The van der Waals surface area contributed by atoms with Crippen molar-refractivity contribution >= 4 is 22.9 Å². The van der Waals surface area contributed by atoms with E-state index in [9.17, 15) is 30.3 Å². The molecule has 4 N–H and O–H groups in total. The zero-order chi connectivity index (χ0) is 19.1. The fourth-order valence-electron chi connectivity index (χ4n) is 1.59. The minimum atomic E-state index is -1.21. The maximum Gasteiger partial charge on any atom is 0.324 e. The lowest BCUT2D eigenvalue weighted by Gasteiger charge is -1.97. The number of phenols is 1. The number of nitro benzene ring substituents is 3. The van der Waals surface area contributed by atoms with Gasteiger partial charge in [0.2, 0.25) is 0 Å². The van der Waals surface area contributed by atoms with Gasteiger partial charge in [-0.2, -0.15) is 0 Å². The summed E-state index contributed by atoms with van der Waals surface area (Å²) in [5.74, 6) is -1.09. The number of nitrogens with zero attached hydrogens (tertiary/aromatic N) is 3. The van der Waals surface area contributed by atoms with E-state index in [1.807, 2.05) is 30.3 Å². The van der Waals surface area contributed by atoms with Crippen LogP contribution < -0.4 is 5.73 Å². The number of nitrogens with two attached hydrogens (primary N) is 1. The van der Waals surface area contributed by atoms with Crippen LogP contribution in [0.1, 0.15) is 5.56 Å². The third-order valence-electron chi connectivity index (χ3n) is 2.74. The first-order chi connectivity index (χ1) is 11.6. The van der Waals surface area contributed by atoms with E-state index >= 15 is 0 Å². The van der Waals surface area contributed by atoms with Crippen molar-refractivity contribution in [2.75, 3.05) is 0 Å². The van der Waals surface area contributed by atoms with Crippen molar-refractivity contribution in [3.8, 4) is 5.75 Å². The molecule has 0 aliphatic heterocycles. The number of amidine groups is 1. The number of non-ortho nitro benzene ring substituents is 1. The van der Waals surface area contributed by atoms with Crippen LogP contribution in [0.2, 0.25) is 0 Å². The molecule has 0 heterocycles. The van der Waals surface area contributed by atoms with Crippen molar-refractivity contribution in [3.63, 3.8) is 0 Å². The highest BCUT2D eigenvalue weighted by Crippen LogP contribution is 2.38. The molecular formula is C13H11N5O7. The number of benzene rings is 2. The van der Waals surface area contributed by atoms with E-state index in [1.165, 1.54) is 0 Å². The molecule has 0 aliphatic carbocycles. The molecule has 0 saturated carbocycles. The Morgan fingerprint density at radius 1 is 0.920 bits per heavy atom. The van der Waals surface area contributed by atoms with Gasteiger partial charge in [-0.3, -0.25) is 35.8 Å². The topological polar surface area (TPSA) is 200 Å². The van der Waals surface area contributed by atoms with Crippen LogP contribution in [0.3, 0.4) is 0 Å². The highest BCUT2D eigenvalue weighted by molar-refractivity contribution is 5.94. The molecule has 130 valence electrons. The van der Waals surface area contributed by atoms with Crippen LogP contribution in [0, 0.1) is 35.8 Å². The number of hydrogen-bond donors (Lipinski definition) is 3. The minimum absolute atomic E-state index is 0.121. The van der Waals surface area contributed by atoms with Crippen LogP contribution in [0.15, 0.2) is 42.5 Å². The lowest BCUT2D eigenvalue weighted by Crippen LogP contribution is -2.10. The van der Waals surface area contributed by atoms with Gasteiger partial charge in [0.1, 0.15) is 5.84 Å². The van der Waals surface area contributed by atoms with Crippen molar-refractivity contribution in [3.05, 3.63) is 78.4 Å². The molecule has 12 nitrogen and oxygen atoms in total. The quantitative estimate of drug-likeness (QED) is 0.322.